The van der Waals surface area contributed by atoms with Crippen LogP contribution >= 0.6 is 11.8 Å². The number of piperazine rings is 1. The van der Waals surface area contributed by atoms with Crippen LogP contribution in [-0.4, -0.2) is 56.7 Å². The molecule has 1 aliphatic heterocycles. The van der Waals surface area contributed by atoms with Gasteiger partial charge < -0.3 is 9.80 Å². The van der Waals surface area contributed by atoms with Crippen LogP contribution in [0.25, 0.3) is 0 Å². The van der Waals surface area contributed by atoms with Gasteiger partial charge in [0, 0.05) is 68.7 Å². The number of aromatic nitrogens is 2. The SMILES string of the molecule is Cc1ccc(Cc2c(C)nc(SC(C)C(=O)N3CCN(c4ccc([N+](=O)[O-])cc4)CC3)n(C)c2=O)cc1. The van der Waals surface area contributed by atoms with Gasteiger partial charge in [-0.25, -0.2) is 4.98 Å². The molecule has 4 rings (SSSR count). The third-order valence-electron chi connectivity index (χ3n) is 6.70. The van der Waals surface area contributed by atoms with Crippen LogP contribution in [0.1, 0.15) is 29.3 Å². The molecule has 0 saturated carbocycles. The summed E-state index contributed by atoms with van der Waals surface area (Å²) in [6.07, 6.45) is 0.518. The molecule has 3 aromatic rings. The number of anilines is 1. The number of hydrogen-bond acceptors (Lipinski definition) is 7. The van der Waals surface area contributed by atoms with Crippen LogP contribution in [0.2, 0.25) is 0 Å². The number of hydrogen-bond donors (Lipinski definition) is 0. The van der Waals surface area contributed by atoms with E-state index in [4.69, 9.17) is 0 Å². The Kier molecular flexibility index (Phi) is 7.97. The monoisotopic (exact) mass is 521 g/mol. The summed E-state index contributed by atoms with van der Waals surface area (Å²) < 4.78 is 1.54. The highest BCUT2D eigenvalue weighted by molar-refractivity contribution is 8.00. The molecule has 1 aliphatic rings. The molecule has 0 spiro atoms. The minimum atomic E-state index is -0.414. The van der Waals surface area contributed by atoms with E-state index < -0.39 is 10.2 Å². The van der Waals surface area contributed by atoms with Gasteiger partial charge in [0.2, 0.25) is 5.91 Å². The van der Waals surface area contributed by atoms with Crippen LogP contribution < -0.4 is 10.5 Å². The molecule has 0 N–H and O–H groups in total. The first-order valence-corrected chi connectivity index (χ1v) is 13.1. The molecule has 0 bridgehead atoms. The predicted octanol–water partition coefficient (Wildman–Crippen LogP) is 3.73. The highest BCUT2D eigenvalue weighted by Crippen LogP contribution is 2.25. The molecule has 2 heterocycles. The van der Waals surface area contributed by atoms with Gasteiger partial charge >= 0.3 is 0 Å². The zero-order valence-corrected chi connectivity index (χ0v) is 22.3. The molecule has 194 valence electrons. The topological polar surface area (TPSA) is 102 Å². The van der Waals surface area contributed by atoms with E-state index in [9.17, 15) is 19.7 Å². The summed E-state index contributed by atoms with van der Waals surface area (Å²) in [4.78, 5) is 45.4. The molecule has 37 heavy (non-hydrogen) atoms. The number of nitrogens with zero attached hydrogens (tertiary/aromatic N) is 5. The first-order valence-electron chi connectivity index (χ1n) is 12.2. The number of rotatable bonds is 7. The fraction of sp³-hybridized carbons (Fsp3) is 0.370. The molecule has 1 saturated heterocycles. The van der Waals surface area contributed by atoms with E-state index in [1.54, 1.807) is 19.2 Å². The van der Waals surface area contributed by atoms with Crippen molar-refractivity contribution in [3.05, 3.63) is 91.4 Å². The van der Waals surface area contributed by atoms with E-state index in [2.05, 4.69) is 9.88 Å². The van der Waals surface area contributed by atoms with Crippen molar-refractivity contribution in [3.63, 3.8) is 0 Å². The normalized spacial score (nSPS) is 14.5. The van der Waals surface area contributed by atoms with E-state index >= 15 is 0 Å². The van der Waals surface area contributed by atoms with Gasteiger partial charge in [-0.3, -0.25) is 24.3 Å². The van der Waals surface area contributed by atoms with Gasteiger partial charge in [-0.1, -0.05) is 41.6 Å². The van der Waals surface area contributed by atoms with Gasteiger partial charge in [0.1, 0.15) is 0 Å². The van der Waals surface area contributed by atoms with Crippen molar-refractivity contribution in [2.75, 3.05) is 31.1 Å². The summed E-state index contributed by atoms with van der Waals surface area (Å²) in [5.74, 6) is 0.00369. The Labute approximate surface area is 220 Å². The summed E-state index contributed by atoms with van der Waals surface area (Å²) in [7, 11) is 1.70. The number of non-ortho nitro benzene ring substituents is 1. The van der Waals surface area contributed by atoms with E-state index in [0.717, 1.165) is 11.3 Å². The smallest absolute Gasteiger partial charge is 0.269 e. The first-order chi connectivity index (χ1) is 17.6. The second-order valence-electron chi connectivity index (χ2n) is 9.33. The van der Waals surface area contributed by atoms with E-state index in [-0.39, 0.29) is 17.2 Å². The van der Waals surface area contributed by atoms with E-state index in [1.807, 2.05) is 49.9 Å². The van der Waals surface area contributed by atoms with E-state index in [1.165, 1.54) is 34.0 Å². The van der Waals surface area contributed by atoms with Gasteiger partial charge in [0.05, 0.1) is 10.2 Å². The molecule has 9 nitrogen and oxygen atoms in total. The molecular weight excluding hydrogens is 490 g/mol. The lowest BCUT2D eigenvalue weighted by Gasteiger charge is -2.37. The summed E-state index contributed by atoms with van der Waals surface area (Å²) in [5, 5.41) is 11.0. The van der Waals surface area contributed by atoms with E-state index in [0.29, 0.717) is 49.0 Å². The van der Waals surface area contributed by atoms with Crippen molar-refractivity contribution in [2.45, 2.75) is 37.6 Å². The van der Waals surface area contributed by atoms with Gasteiger partial charge in [0.25, 0.3) is 11.2 Å². The molecule has 2 aromatic carbocycles. The lowest BCUT2D eigenvalue weighted by molar-refractivity contribution is -0.384. The summed E-state index contributed by atoms with van der Waals surface area (Å²) >= 11 is 1.30. The maximum Gasteiger partial charge on any atom is 0.269 e. The average Bonchev–Trinajstić information content (AvgIpc) is 2.90. The number of benzene rings is 2. The standard InChI is InChI=1S/C27H31N5O4S/c1-18-5-7-21(8-6-18)17-24-19(2)28-27(29(4)26(24)34)37-20(3)25(33)31-15-13-30(14-16-31)22-9-11-23(12-10-22)32(35)36/h5-12,20H,13-17H2,1-4H3. The van der Waals surface area contributed by atoms with Crippen LogP contribution in [0.4, 0.5) is 11.4 Å². The molecule has 0 aliphatic carbocycles. The zero-order chi connectivity index (χ0) is 26.7. The maximum absolute atomic E-state index is 13.2. The Bertz CT molecular complexity index is 1350. The fourth-order valence-corrected chi connectivity index (χ4v) is 5.38. The number of carbonyl (C=O) groups is 1. The molecule has 1 unspecified atom stereocenters. The third-order valence-corrected chi connectivity index (χ3v) is 7.83. The number of thioether (sulfide) groups is 1. The molecule has 1 atom stereocenters. The number of nitro benzene ring substituents is 1. The number of carbonyl (C=O) groups excluding carboxylic acids is 1. The quantitative estimate of drug-likeness (QED) is 0.202. The molecular formula is C27H31N5O4S. The molecule has 1 fully saturated rings. The molecule has 0 radical (unpaired) electrons. The minimum absolute atomic E-state index is 0.00369. The lowest BCUT2D eigenvalue weighted by Crippen LogP contribution is -2.50. The summed E-state index contributed by atoms with van der Waals surface area (Å²) in [5.41, 5.74) is 4.45. The first kappa shape index (κ1) is 26.4. The largest absolute Gasteiger partial charge is 0.368 e. The third kappa shape index (κ3) is 6.02. The molecule has 1 amide bonds. The van der Waals surface area contributed by atoms with Gasteiger partial charge in [-0.15, -0.1) is 0 Å². The van der Waals surface area contributed by atoms with Crippen molar-refractivity contribution in [2.24, 2.45) is 7.05 Å². The fourth-order valence-electron chi connectivity index (χ4n) is 4.38. The Morgan fingerprint density at radius 1 is 1.05 bits per heavy atom. The second-order valence-corrected chi connectivity index (χ2v) is 10.6. The second kappa shape index (κ2) is 11.2. The summed E-state index contributed by atoms with van der Waals surface area (Å²) in [6.45, 7) is 8.12. The highest BCUT2D eigenvalue weighted by Gasteiger charge is 2.27. The van der Waals surface area contributed by atoms with Crippen LogP contribution in [0, 0.1) is 24.0 Å². The Morgan fingerprint density at radius 3 is 2.27 bits per heavy atom. The lowest BCUT2D eigenvalue weighted by atomic mass is 10.0. The van der Waals surface area contributed by atoms with Crippen LogP contribution in [0.15, 0.2) is 58.5 Å². The van der Waals surface area contributed by atoms with Gasteiger partial charge in [-0.05, 0) is 38.5 Å². The van der Waals surface area contributed by atoms with Crippen molar-refractivity contribution < 1.29 is 9.72 Å². The van der Waals surface area contributed by atoms with Crippen molar-refractivity contribution >= 4 is 29.0 Å². The average molecular weight is 522 g/mol. The summed E-state index contributed by atoms with van der Waals surface area (Å²) in [6, 6.07) is 14.6. The zero-order valence-electron chi connectivity index (χ0n) is 21.5. The van der Waals surface area contributed by atoms with Crippen molar-refractivity contribution in [3.8, 4) is 0 Å². The van der Waals surface area contributed by atoms with Crippen LogP contribution in [-0.2, 0) is 18.3 Å². The highest BCUT2D eigenvalue weighted by atomic mass is 32.2. The number of aryl methyl sites for hydroxylation is 2. The van der Waals surface area contributed by atoms with Gasteiger partial charge in [0.15, 0.2) is 5.16 Å². The van der Waals surface area contributed by atoms with Crippen LogP contribution in [0.3, 0.4) is 0 Å². The van der Waals surface area contributed by atoms with Crippen molar-refractivity contribution in [1.82, 2.24) is 14.5 Å². The number of amides is 1. The number of nitro groups is 1. The van der Waals surface area contributed by atoms with Crippen LogP contribution in [0.5, 0.6) is 0 Å². The maximum atomic E-state index is 13.2. The predicted molar refractivity (Wildman–Crippen MR) is 145 cm³/mol. The minimum Gasteiger partial charge on any atom is -0.368 e. The Hall–Kier alpha value is -3.66. The Balaban J connectivity index is 1.38. The van der Waals surface area contributed by atoms with Crippen molar-refractivity contribution in [1.29, 1.82) is 0 Å². The molecule has 10 heteroatoms. The molecule has 1 aromatic heterocycles. The Morgan fingerprint density at radius 2 is 1.68 bits per heavy atom. The van der Waals surface area contributed by atoms with Gasteiger partial charge in [-0.2, -0.15) is 0 Å².